The number of hydrogen-bond acceptors (Lipinski definition) is 3. The fourth-order valence-corrected chi connectivity index (χ4v) is 1.85. The summed E-state index contributed by atoms with van der Waals surface area (Å²) in [5.41, 5.74) is 6.48. The van der Waals surface area contributed by atoms with Crippen molar-refractivity contribution < 1.29 is 0 Å². The van der Waals surface area contributed by atoms with Crippen LogP contribution in [-0.4, -0.2) is 19.8 Å². The molecule has 0 bridgehead atoms. The zero-order valence-electron chi connectivity index (χ0n) is 7.98. The predicted molar refractivity (Wildman–Crippen MR) is 67.8 cm³/mol. The molecule has 0 atom stereocenters. The predicted octanol–water partition coefficient (Wildman–Crippen LogP) is 0.957. The molecule has 0 radical (unpaired) electrons. The Morgan fingerprint density at radius 3 is 2.88 bits per heavy atom. The van der Waals surface area contributed by atoms with E-state index in [1.807, 2.05) is 6.07 Å². The molecule has 16 heavy (non-hydrogen) atoms. The van der Waals surface area contributed by atoms with Crippen molar-refractivity contribution in [1.82, 2.24) is 14.8 Å². The van der Waals surface area contributed by atoms with Crippen LogP contribution in [-0.2, 0) is 0 Å². The van der Waals surface area contributed by atoms with Gasteiger partial charge in [0.15, 0.2) is 0 Å². The second-order valence-corrected chi connectivity index (χ2v) is 4.41. The van der Waals surface area contributed by atoms with E-state index in [1.54, 1.807) is 12.1 Å². The normalized spacial score (nSPS) is 10.3. The Morgan fingerprint density at radius 2 is 2.31 bits per heavy atom. The minimum Gasteiger partial charge on any atom is -0.389 e. The van der Waals surface area contributed by atoms with Crippen LogP contribution in [0, 0.1) is 0 Å². The first-order chi connectivity index (χ1) is 7.59. The van der Waals surface area contributed by atoms with Crippen molar-refractivity contribution in [3.8, 4) is 5.69 Å². The Balaban J connectivity index is 2.72. The topological polar surface area (TPSA) is 76.7 Å². The average Bonchev–Trinajstić information content (AvgIpc) is 2.63. The van der Waals surface area contributed by atoms with Gasteiger partial charge in [-0.2, -0.15) is 5.10 Å². The summed E-state index contributed by atoms with van der Waals surface area (Å²) in [6.07, 6.45) is 1.38. The maximum Gasteiger partial charge on any atom is 0.347 e. The van der Waals surface area contributed by atoms with Gasteiger partial charge >= 0.3 is 5.69 Å². The molecule has 1 aromatic carbocycles. The minimum absolute atomic E-state index is 0.232. The van der Waals surface area contributed by atoms with E-state index in [2.05, 4.69) is 26.1 Å². The summed E-state index contributed by atoms with van der Waals surface area (Å²) in [6, 6.07) is 5.32. The molecule has 0 spiro atoms. The van der Waals surface area contributed by atoms with Gasteiger partial charge in [-0.05, 0) is 18.2 Å². The first-order valence-electron chi connectivity index (χ1n) is 4.31. The third-order valence-corrected chi connectivity index (χ3v) is 2.75. The average molecular weight is 299 g/mol. The van der Waals surface area contributed by atoms with E-state index in [-0.39, 0.29) is 10.7 Å². The molecule has 0 saturated heterocycles. The third kappa shape index (κ3) is 1.91. The van der Waals surface area contributed by atoms with Crippen LogP contribution in [0.25, 0.3) is 5.69 Å². The lowest BCUT2D eigenvalue weighted by Crippen LogP contribution is -2.19. The van der Waals surface area contributed by atoms with E-state index in [0.29, 0.717) is 11.3 Å². The summed E-state index contributed by atoms with van der Waals surface area (Å²) in [6.45, 7) is 0. The second-order valence-electron chi connectivity index (χ2n) is 3.06. The number of benzene rings is 1. The molecule has 0 saturated carbocycles. The molecule has 7 heteroatoms. The van der Waals surface area contributed by atoms with Crippen molar-refractivity contribution in [2.75, 3.05) is 0 Å². The largest absolute Gasteiger partial charge is 0.389 e. The zero-order valence-corrected chi connectivity index (χ0v) is 10.4. The van der Waals surface area contributed by atoms with Gasteiger partial charge in [-0.1, -0.05) is 28.1 Å². The number of aromatic amines is 1. The van der Waals surface area contributed by atoms with E-state index in [0.717, 1.165) is 4.47 Å². The Kier molecular flexibility index (Phi) is 2.88. The van der Waals surface area contributed by atoms with Gasteiger partial charge in [0.25, 0.3) is 0 Å². The molecule has 0 amide bonds. The van der Waals surface area contributed by atoms with Gasteiger partial charge in [0.2, 0.25) is 0 Å². The molecule has 3 N–H and O–H groups in total. The Hall–Kier alpha value is -1.47. The number of rotatable bonds is 2. The molecule has 0 fully saturated rings. The SMILES string of the molecule is NC(=S)c1ccc(Br)cc1-n1cn[nH]c1=O. The van der Waals surface area contributed by atoms with E-state index in [1.165, 1.54) is 10.9 Å². The van der Waals surface area contributed by atoms with Crippen molar-refractivity contribution in [2.24, 2.45) is 5.73 Å². The number of hydrogen-bond donors (Lipinski definition) is 2. The highest BCUT2D eigenvalue weighted by Crippen LogP contribution is 2.19. The van der Waals surface area contributed by atoms with Crippen LogP contribution in [0.2, 0.25) is 0 Å². The number of nitrogens with zero attached hydrogens (tertiary/aromatic N) is 2. The van der Waals surface area contributed by atoms with Crippen molar-refractivity contribution in [1.29, 1.82) is 0 Å². The van der Waals surface area contributed by atoms with Crippen LogP contribution in [0.15, 0.2) is 33.8 Å². The van der Waals surface area contributed by atoms with Gasteiger partial charge in [-0.3, -0.25) is 0 Å². The molecular formula is C9H7BrN4OS. The quantitative estimate of drug-likeness (QED) is 0.810. The number of nitrogens with two attached hydrogens (primary N) is 1. The van der Waals surface area contributed by atoms with Crippen LogP contribution in [0.4, 0.5) is 0 Å². The summed E-state index contributed by atoms with van der Waals surface area (Å²) in [7, 11) is 0. The van der Waals surface area contributed by atoms with E-state index < -0.39 is 0 Å². The van der Waals surface area contributed by atoms with Crippen molar-refractivity contribution in [2.45, 2.75) is 0 Å². The first kappa shape index (κ1) is 11.0. The molecular weight excluding hydrogens is 292 g/mol. The van der Waals surface area contributed by atoms with Gasteiger partial charge < -0.3 is 5.73 Å². The van der Waals surface area contributed by atoms with Gasteiger partial charge in [0, 0.05) is 10.0 Å². The van der Waals surface area contributed by atoms with Gasteiger partial charge in [-0.25, -0.2) is 14.5 Å². The highest BCUT2D eigenvalue weighted by Gasteiger charge is 2.10. The lowest BCUT2D eigenvalue weighted by Gasteiger charge is -2.07. The Morgan fingerprint density at radius 1 is 1.56 bits per heavy atom. The summed E-state index contributed by atoms with van der Waals surface area (Å²) in [5, 5.41) is 5.97. The summed E-state index contributed by atoms with van der Waals surface area (Å²) < 4.78 is 2.18. The summed E-state index contributed by atoms with van der Waals surface area (Å²) in [4.78, 5) is 11.7. The number of aromatic nitrogens is 3. The molecule has 82 valence electrons. The smallest absolute Gasteiger partial charge is 0.347 e. The van der Waals surface area contributed by atoms with Crippen molar-refractivity contribution in [3.63, 3.8) is 0 Å². The van der Waals surface area contributed by atoms with Crippen LogP contribution in [0.3, 0.4) is 0 Å². The lowest BCUT2D eigenvalue weighted by atomic mass is 10.2. The fourth-order valence-electron chi connectivity index (χ4n) is 1.33. The van der Waals surface area contributed by atoms with Crippen LogP contribution >= 0.6 is 28.1 Å². The third-order valence-electron chi connectivity index (χ3n) is 2.04. The first-order valence-corrected chi connectivity index (χ1v) is 5.51. The summed E-state index contributed by atoms with van der Waals surface area (Å²) >= 11 is 8.25. The van der Waals surface area contributed by atoms with E-state index in [9.17, 15) is 4.79 Å². The van der Waals surface area contributed by atoms with Gasteiger partial charge in [-0.15, -0.1) is 0 Å². The molecule has 2 aromatic rings. The molecule has 5 nitrogen and oxygen atoms in total. The maximum absolute atomic E-state index is 11.5. The summed E-state index contributed by atoms with van der Waals surface area (Å²) in [5.74, 6) is 0. The zero-order chi connectivity index (χ0) is 11.7. The molecule has 0 aliphatic rings. The van der Waals surface area contributed by atoms with Crippen molar-refractivity contribution in [3.05, 3.63) is 45.0 Å². The fraction of sp³-hybridized carbons (Fsp3) is 0. The number of halogens is 1. The Bertz CT molecular complexity index is 604. The molecule has 0 aliphatic heterocycles. The molecule has 2 rings (SSSR count). The monoisotopic (exact) mass is 298 g/mol. The van der Waals surface area contributed by atoms with E-state index >= 15 is 0 Å². The second kappa shape index (κ2) is 4.18. The highest BCUT2D eigenvalue weighted by atomic mass is 79.9. The number of thiocarbonyl (C=S) groups is 1. The molecule has 1 aromatic heterocycles. The van der Waals surface area contributed by atoms with E-state index in [4.69, 9.17) is 18.0 Å². The minimum atomic E-state index is -0.337. The van der Waals surface area contributed by atoms with Gasteiger partial charge in [0.05, 0.1) is 5.69 Å². The molecule has 0 aliphatic carbocycles. The van der Waals surface area contributed by atoms with Gasteiger partial charge in [0.1, 0.15) is 11.3 Å². The number of H-pyrrole nitrogens is 1. The van der Waals surface area contributed by atoms with Crippen LogP contribution in [0.5, 0.6) is 0 Å². The van der Waals surface area contributed by atoms with Crippen LogP contribution < -0.4 is 11.4 Å². The molecule has 0 unspecified atom stereocenters. The standard InChI is InChI=1S/C9H7BrN4OS/c10-5-1-2-6(8(11)16)7(3-5)14-4-12-13-9(14)15/h1-4H,(H2,11,16)(H,13,15). The lowest BCUT2D eigenvalue weighted by molar-refractivity contribution is 0.979. The maximum atomic E-state index is 11.5. The molecule has 1 heterocycles. The van der Waals surface area contributed by atoms with Crippen LogP contribution in [0.1, 0.15) is 5.56 Å². The van der Waals surface area contributed by atoms with Crippen molar-refractivity contribution >= 4 is 33.1 Å². The number of nitrogens with one attached hydrogen (secondary N) is 1. The Labute approximate surface area is 104 Å². The highest BCUT2D eigenvalue weighted by molar-refractivity contribution is 9.10.